The van der Waals surface area contributed by atoms with Gasteiger partial charge in [0.2, 0.25) is 0 Å². The van der Waals surface area contributed by atoms with E-state index in [2.05, 4.69) is 48.3 Å². The number of piperidine rings is 1. The molecule has 1 aromatic rings. The molecule has 2 amide bonds. The summed E-state index contributed by atoms with van der Waals surface area (Å²) in [4.78, 5) is 16.8. The van der Waals surface area contributed by atoms with Crippen molar-refractivity contribution in [2.45, 2.75) is 76.3 Å². The molecule has 0 bridgehead atoms. The average molecular weight is 398 g/mol. The minimum absolute atomic E-state index is 0.0145. The van der Waals surface area contributed by atoms with Gasteiger partial charge in [-0.3, -0.25) is 0 Å². The van der Waals surface area contributed by atoms with Gasteiger partial charge in [0.25, 0.3) is 0 Å². The molecule has 29 heavy (non-hydrogen) atoms. The van der Waals surface area contributed by atoms with Crippen LogP contribution in [-0.4, -0.2) is 49.1 Å². The monoisotopic (exact) mass is 397 g/mol. The van der Waals surface area contributed by atoms with E-state index in [1.54, 1.807) is 4.90 Å². The lowest BCUT2D eigenvalue weighted by molar-refractivity contribution is 0.0766. The maximum atomic E-state index is 12.3. The van der Waals surface area contributed by atoms with Crippen molar-refractivity contribution >= 4 is 6.03 Å². The van der Waals surface area contributed by atoms with E-state index in [9.17, 15) is 4.79 Å². The molecule has 4 heteroatoms. The molecule has 2 fully saturated rings. The van der Waals surface area contributed by atoms with Crippen molar-refractivity contribution in [1.29, 1.82) is 0 Å². The molecule has 1 spiro atoms. The van der Waals surface area contributed by atoms with Gasteiger partial charge in [-0.05, 0) is 74.6 Å². The number of likely N-dealkylation sites (tertiary alicyclic amines) is 1. The number of nitrogens with zero attached hydrogens (tertiary/aromatic N) is 2. The third-order valence-electron chi connectivity index (χ3n) is 8.13. The fourth-order valence-corrected chi connectivity index (χ4v) is 6.55. The lowest BCUT2D eigenvalue weighted by Gasteiger charge is -2.45. The van der Waals surface area contributed by atoms with E-state index in [4.69, 9.17) is 0 Å². The number of fused-ring (bicyclic) bond motifs is 2. The number of carbonyl (C=O) groups is 1. The van der Waals surface area contributed by atoms with Crippen molar-refractivity contribution in [2.24, 2.45) is 11.8 Å². The first-order valence-corrected chi connectivity index (χ1v) is 11.7. The molecule has 3 aliphatic rings. The number of urea groups is 1. The van der Waals surface area contributed by atoms with Gasteiger partial charge in [-0.1, -0.05) is 44.5 Å². The Kier molecular flexibility index (Phi) is 5.92. The number of nitrogens with one attached hydrogen (secondary N) is 1. The topological polar surface area (TPSA) is 35.6 Å². The summed E-state index contributed by atoms with van der Waals surface area (Å²) in [5, 5.41) is 3.27. The minimum Gasteiger partial charge on any atom is -0.331 e. The standard InChI is InChI=1S/C25H39N3O/c1-5-23(19-11-10-18(2)16-19)28-14-12-25(13-15-28)17-22(26-24(29)27(3)4)20-8-6-7-9-21(20)25/h6-9,18-19,22-23H,5,10-17H2,1-4H3,(H,26,29)/t18?,19-,22+,23-/m1/s1. The van der Waals surface area contributed by atoms with Crippen molar-refractivity contribution in [2.75, 3.05) is 27.2 Å². The van der Waals surface area contributed by atoms with E-state index in [0.29, 0.717) is 0 Å². The molecule has 4 nitrogen and oxygen atoms in total. The SMILES string of the molecule is CC[C@H]([C@@H]1CCC(C)C1)N1CCC2(CC1)C[C@H](NC(=O)N(C)C)c1ccccc12. The van der Waals surface area contributed by atoms with E-state index in [1.807, 2.05) is 14.1 Å². The summed E-state index contributed by atoms with van der Waals surface area (Å²) < 4.78 is 0. The van der Waals surface area contributed by atoms with Crippen LogP contribution in [0.3, 0.4) is 0 Å². The van der Waals surface area contributed by atoms with Crippen molar-refractivity contribution in [1.82, 2.24) is 15.1 Å². The Hall–Kier alpha value is -1.55. The summed E-state index contributed by atoms with van der Waals surface area (Å²) in [7, 11) is 3.64. The highest BCUT2D eigenvalue weighted by atomic mass is 16.2. The summed E-state index contributed by atoms with van der Waals surface area (Å²) in [5.41, 5.74) is 3.07. The normalized spacial score (nSPS) is 29.6. The van der Waals surface area contributed by atoms with Crippen LogP contribution < -0.4 is 5.32 Å². The van der Waals surface area contributed by atoms with Crippen LogP contribution in [0.1, 0.15) is 76.0 Å². The second kappa shape index (κ2) is 8.29. The molecule has 1 aliphatic heterocycles. The van der Waals surface area contributed by atoms with Crippen LogP contribution in [0, 0.1) is 11.8 Å². The third kappa shape index (κ3) is 3.93. The summed E-state index contributed by atoms with van der Waals surface area (Å²) in [6.45, 7) is 7.21. The van der Waals surface area contributed by atoms with E-state index in [1.165, 1.54) is 62.7 Å². The summed E-state index contributed by atoms with van der Waals surface area (Å²) in [5.74, 6) is 1.81. The maximum absolute atomic E-state index is 12.3. The molecule has 1 saturated heterocycles. The van der Waals surface area contributed by atoms with Crippen molar-refractivity contribution in [3.8, 4) is 0 Å². The lowest BCUT2D eigenvalue weighted by Crippen LogP contribution is -2.48. The number of carbonyl (C=O) groups excluding carboxylic acids is 1. The van der Waals surface area contributed by atoms with E-state index in [0.717, 1.165) is 24.3 Å². The van der Waals surface area contributed by atoms with Gasteiger partial charge in [0.05, 0.1) is 6.04 Å². The number of rotatable bonds is 4. The van der Waals surface area contributed by atoms with Crippen LogP contribution in [0.15, 0.2) is 24.3 Å². The Balaban J connectivity index is 1.48. The molecule has 160 valence electrons. The van der Waals surface area contributed by atoms with Gasteiger partial charge in [0.1, 0.15) is 0 Å². The molecule has 1 aromatic carbocycles. The van der Waals surface area contributed by atoms with Gasteiger partial charge in [-0.15, -0.1) is 0 Å². The van der Waals surface area contributed by atoms with Crippen LogP contribution in [0.2, 0.25) is 0 Å². The minimum atomic E-state index is 0.0145. The van der Waals surface area contributed by atoms with Gasteiger partial charge in [0.15, 0.2) is 0 Å². The first kappa shape index (κ1) is 20.7. The predicted octanol–water partition coefficient (Wildman–Crippen LogP) is 4.95. The Morgan fingerprint density at radius 1 is 1.24 bits per heavy atom. The molecule has 0 radical (unpaired) electrons. The molecule has 1 N–H and O–H groups in total. The van der Waals surface area contributed by atoms with Crippen LogP contribution in [0.25, 0.3) is 0 Å². The molecule has 1 saturated carbocycles. The van der Waals surface area contributed by atoms with E-state index in [-0.39, 0.29) is 17.5 Å². The Morgan fingerprint density at radius 2 is 1.97 bits per heavy atom. The molecule has 1 heterocycles. The highest BCUT2D eigenvalue weighted by Gasteiger charge is 2.47. The quantitative estimate of drug-likeness (QED) is 0.780. The highest BCUT2D eigenvalue weighted by Crippen LogP contribution is 2.51. The van der Waals surface area contributed by atoms with Gasteiger partial charge in [-0.25, -0.2) is 4.79 Å². The van der Waals surface area contributed by atoms with Crippen LogP contribution >= 0.6 is 0 Å². The molecular weight excluding hydrogens is 358 g/mol. The van der Waals surface area contributed by atoms with Gasteiger partial charge in [-0.2, -0.15) is 0 Å². The van der Waals surface area contributed by atoms with Crippen LogP contribution in [0.4, 0.5) is 4.79 Å². The lowest BCUT2D eigenvalue weighted by atomic mass is 9.73. The van der Waals surface area contributed by atoms with Crippen LogP contribution in [-0.2, 0) is 5.41 Å². The molecule has 1 unspecified atom stereocenters. The number of amides is 2. The summed E-state index contributed by atoms with van der Waals surface area (Å²) in [6, 6.07) is 9.77. The zero-order chi connectivity index (χ0) is 20.6. The first-order chi connectivity index (χ1) is 13.9. The van der Waals surface area contributed by atoms with Gasteiger partial charge in [0, 0.05) is 25.6 Å². The number of hydrogen-bond donors (Lipinski definition) is 1. The summed E-state index contributed by atoms with van der Waals surface area (Å²) in [6.07, 6.45) is 9.03. The summed E-state index contributed by atoms with van der Waals surface area (Å²) >= 11 is 0. The molecule has 0 aromatic heterocycles. The second-order valence-corrected chi connectivity index (χ2v) is 10.2. The highest BCUT2D eigenvalue weighted by molar-refractivity contribution is 5.74. The Morgan fingerprint density at radius 3 is 2.59 bits per heavy atom. The number of benzene rings is 1. The molecule has 2 aliphatic carbocycles. The van der Waals surface area contributed by atoms with Gasteiger partial charge < -0.3 is 15.1 Å². The van der Waals surface area contributed by atoms with Gasteiger partial charge >= 0.3 is 6.03 Å². The Bertz CT molecular complexity index is 723. The largest absolute Gasteiger partial charge is 0.331 e. The fraction of sp³-hybridized carbons (Fsp3) is 0.720. The van der Waals surface area contributed by atoms with Crippen molar-refractivity contribution < 1.29 is 4.79 Å². The fourth-order valence-electron chi connectivity index (χ4n) is 6.55. The number of hydrogen-bond acceptors (Lipinski definition) is 2. The molecular formula is C25H39N3O. The zero-order valence-electron chi connectivity index (χ0n) is 18.8. The first-order valence-electron chi connectivity index (χ1n) is 11.7. The van der Waals surface area contributed by atoms with E-state index < -0.39 is 0 Å². The molecule has 4 atom stereocenters. The average Bonchev–Trinajstić information content (AvgIpc) is 3.26. The second-order valence-electron chi connectivity index (χ2n) is 10.2. The Labute approximate surface area is 177 Å². The third-order valence-corrected chi connectivity index (χ3v) is 8.13. The smallest absolute Gasteiger partial charge is 0.317 e. The van der Waals surface area contributed by atoms with Crippen LogP contribution in [0.5, 0.6) is 0 Å². The zero-order valence-corrected chi connectivity index (χ0v) is 18.8. The van der Waals surface area contributed by atoms with Crippen molar-refractivity contribution in [3.05, 3.63) is 35.4 Å². The maximum Gasteiger partial charge on any atom is 0.317 e. The predicted molar refractivity (Wildman–Crippen MR) is 119 cm³/mol. The van der Waals surface area contributed by atoms with Crippen molar-refractivity contribution in [3.63, 3.8) is 0 Å². The molecule has 4 rings (SSSR count). The van der Waals surface area contributed by atoms with E-state index >= 15 is 0 Å².